The van der Waals surface area contributed by atoms with Crippen molar-refractivity contribution in [2.24, 2.45) is 0 Å². The van der Waals surface area contributed by atoms with Crippen molar-refractivity contribution >= 4 is 28.0 Å². The molecule has 0 amide bonds. The molecule has 204 valence electrons. The lowest BCUT2D eigenvalue weighted by Crippen LogP contribution is -2.27. The Morgan fingerprint density at radius 2 is 1.84 bits per heavy atom. The van der Waals surface area contributed by atoms with Gasteiger partial charge in [0.2, 0.25) is 16.0 Å². The zero-order chi connectivity index (χ0) is 27.8. The molecule has 11 heteroatoms. The number of esters is 1. The van der Waals surface area contributed by atoms with Crippen molar-refractivity contribution in [2.45, 2.75) is 64.6 Å². The van der Waals surface area contributed by atoms with Crippen molar-refractivity contribution in [1.29, 1.82) is 0 Å². The van der Waals surface area contributed by atoms with Crippen LogP contribution in [0.2, 0.25) is 0 Å². The molecule has 2 rings (SSSR count). The number of aliphatic hydroxyl groups excluding tert-OH is 2. The second-order valence-corrected chi connectivity index (χ2v) is 11.2. The summed E-state index contributed by atoms with van der Waals surface area (Å²) in [4.78, 5) is 20.8. The first-order chi connectivity index (χ1) is 17.3. The van der Waals surface area contributed by atoms with Crippen LogP contribution in [0.15, 0.2) is 30.3 Å². The molecule has 0 radical (unpaired) electrons. The molecular formula is C26H36FN3O6S. The van der Waals surface area contributed by atoms with Gasteiger partial charge in [-0.2, -0.15) is 0 Å². The second-order valence-electron chi connectivity index (χ2n) is 9.16. The third-order valence-electron chi connectivity index (χ3n) is 5.57. The number of carbonyl (C=O) groups is 1. The molecule has 9 nitrogen and oxygen atoms in total. The Bertz CT molecular complexity index is 1190. The zero-order valence-electron chi connectivity index (χ0n) is 21.9. The minimum atomic E-state index is -3.65. The van der Waals surface area contributed by atoms with Gasteiger partial charge in [-0.25, -0.2) is 27.1 Å². The molecule has 0 unspecified atom stereocenters. The van der Waals surface area contributed by atoms with Crippen LogP contribution in [0.4, 0.5) is 10.3 Å². The molecule has 0 aliphatic rings. The van der Waals surface area contributed by atoms with E-state index in [1.54, 1.807) is 6.08 Å². The Morgan fingerprint density at radius 1 is 1.19 bits per heavy atom. The predicted molar refractivity (Wildman–Crippen MR) is 141 cm³/mol. The number of benzene rings is 1. The van der Waals surface area contributed by atoms with Crippen molar-refractivity contribution in [3.63, 3.8) is 0 Å². The fourth-order valence-electron chi connectivity index (χ4n) is 3.43. The number of ether oxygens (including phenoxy) is 1. The van der Waals surface area contributed by atoms with Gasteiger partial charge in [0.25, 0.3) is 0 Å². The summed E-state index contributed by atoms with van der Waals surface area (Å²) in [6.45, 7) is 6.02. The quantitative estimate of drug-likeness (QED) is 0.293. The lowest BCUT2D eigenvalue weighted by atomic mass is 9.97. The lowest BCUT2D eigenvalue weighted by Gasteiger charge is -2.20. The summed E-state index contributed by atoms with van der Waals surface area (Å²) in [5.74, 6) is -1.17. The summed E-state index contributed by atoms with van der Waals surface area (Å²) < 4.78 is 43.9. The highest BCUT2D eigenvalue weighted by Crippen LogP contribution is 2.31. The molecule has 1 heterocycles. The molecule has 0 bridgehead atoms. The number of anilines is 1. The average Bonchev–Trinajstić information content (AvgIpc) is 2.81. The molecule has 2 aromatic rings. The van der Waals surface area contributed by atoms with Crippen LogP contribution in [0, 0.1) is 5.82 Å². The van der Waals surface area contributed by atoms with Gasteiger partial charge in [-0.1, -0.05) is 39.3 Å². The first-order valence-electron chi connectivity index (χ1n) is 12.1. The largest absolute Gasteiger partial charge is 0.466 e. The number of sulfonamides is 1. The molecule has 1 aromatic carbocycles. The van der Waals surface area contributed by atoms with E-state index >= 15 is 0 Å². The number of hydrogen-bond acceptors (Lipinski definition) is 8. The first kappa shape index (κ1) is 30.3. The maximum absolute atomic E-state index is 13.6. The Balaban J connectivity index is 2.40. The number of rotatable bonds is 13. The smallest absolute Gasteiger partial charge is 0.308 e. The van der Waals surface area contributed by atoms with Crippen LogP contribution in [0.5, 0.6) is 0 Å². The van der Waals surface area contributed by atoms with Gasteiger partial charge in [0.15, 0.2) is 0 Å². The van der Waals surface area contributed by atoms with Crippen molar-refractivity contribution in [3.05, 3.63) is 47.4 Å². The van der Waals surface area contributed by atoms with Gasteiger partial charge >= 0.3 is 5.97 Å². The highest BCUT2D eigenvalue weighted by molar-refractivity contribution is 7.92. The summed E-state index contributed by atoms with van der Waals surface area (Å²) in [5, 5.41) is 20.7. The molecular weight excluding hydrogens is 501 g/mol. The number of aromatic nitrogens is 2. The van der Waals surface area contributed by atoms with E-state index in [-0.39, 0.29) is 24.7 Å². The number of carbonyl (C=O) groups excluding carboxylic acids is 1. The fraction of sp³-hybridized carbons (Fsp3) is 0.500. The van der Waals surface area contributed by atoms with Crippen LogP contribution in [-0.2, 0) is 19.6 Å². The minimum absolute atomic E-state index is 0.0415. The minimum Gasteiger partial charge on any atom is -0.466 e. The average molecular weight is 538 g/mol. The summed E-state index contributed by atoms with van der Waals surface area (Å²) in [5.41, 5.74) is 1.91. The van der Waals surface area contributed by atoms with Crippen LogP contribution in [0.3, 0.4) is 0 Å². The molecule has 2 N–H and O–H groups in total. The number of nitrogens with zero attached hydrogens (tertiary/aromatic N) is 3. The van der Waals surface area contributed by atoms with Crippen LogP contribution in [-0.4, -0.2) is 66.7 Å². The molecule has 0 saturated carbocycles. The van der Waals surface area contributed by atoms with Gasteiger partial charge in [0.05, 0.1) is 42.9 Å². The Kier molecular flexibility index (Phi) is 11.1. The predicted octanol–water partition coefficient (Wildman–Crippen LogP) is 3.66. The SMILES string of the molecule is CCCCOC(=O)C[C@H](O)C[C@H](O)C=Cc1c(-c2ccc(F)cc2)nc(N(C)S(C)(=O)=O)nc1C(C)C. The van der Waals surface area contributed by atoms with Crippen molar-refractivity contribution < 1.29 is 32.6 Å². The van der Waals surface area contributed by atoms with Crippen LogP contribution in [0.25, 0.3) is 17.3 Å². The van der Waals surface area contributed by atoms with Gasteiger partial charge < -0.3 is 14.9 Å². The van der Waals surface area contributed by atoms with E-state index < -0.39 is 34.0 Å². The zero-order valence-corrected chi connectivity index (χ0v) is 22.7. The monoisotopic (exact) mass is 537 g/mol. The standard InChI is InChI=1S/C26H36FN3O6S/c1-6-7-14-36-23(33)16-21(32)15-20(31)12-13-22-24(17(2)3)28-26(30(4)37(5,34)35)29-25(22)18-8-10-19(27)11-9-18/h8-13,17,20-21,31-32H,6-7,14-16H2,1-5H3/t20-,21-/m1/s1. The van der Waals surface area contributed by atoms with Crippen LogP contribution < -0.4 is 4.31 Å². The van der Waals surface area contributed by atoms with Crippen molar-refractivity contribution in [1.82, 2.24) is 9.97 Å². The molecule has 0 saturated heterocycles. The molecule has 1 aromatic heterocycles. The summed E-state index contributed by atoms with van der Waals surface area (Å²) in [7, 11) is -2.30. The number of hydrogen-bond donors (Lipinski definition) is 2. The van der Waals surface area contributed by atoms with E-state index in [4.69, 9.17) is 4.74 Å². The Labute approximate surface area is 218 Å². The number of aliphatic hydroxyl groups is 2. The summed E-state index contributed by atoms with van der Waals surface area (Å²) in [6.07, 6.45) is 3.17. The third-order valence-corrected chi connectivity index (χ3v) is 6.73. The lowest BCUT2D eigenvalue weighted by molar-refractivity contribution is -0.146. The highest BCUT2D eigenvalue weighted by atomic mass is 32.2. The van der Waals surface area contributed by atoms with E-state index in [9.17, 15) is 27.8 Å². The maximum atomic E-state index is 13.6. The Hall–Kier alpha value is -2.89. The van der Waals surface area contributed by atoms with Gasteiger partial charge in [-0.05, 0) is 36.6 Å². The molecule has 0 aliphatic heterocycles. The topological polar surface area (TPSA) is 130 Å². The summed E-state index contributed by atoms with van der Waals surface area (Å²) >= 11 is 0. The fourth-order valence-corrected chi connectivity index (χ4v) is 3.80. The van der Waals surface area contributed by atoms with E-state index in [0.717, 1.165) is 23.4 Å². The van der Waals surface area contributed by atoms with Gasteiger partial charge in [0.1, 0.15) is 5.82 Å². The number of unbranched alkanes of at least 4 members (excludes halogenated alkanes) is 1. The molecule has 0 fully saturated rings. The number of halogens is 1. The van der Waals surface area contributed by atoms with E-state index in [1.165, 1.54) is 37.4 Å². The first-order valence-corrected chi connectivity index (χ1v) is 14.0. The van der Waals surface area contributed by atoms with Crippen LogP contribution in [0.1, 0.15) is 63.6 Å². The van der Waals surface area contributed by atoms with Gasteiger partial charge in [-0.15, -0.1) is 0 Å². The van der Waals surface area contributed by atoms with E-state index in [2.05, 4.69) is 9.97 Å². The summed E-state index contributed by atoms with van der Waals surface area (Å²) in [6, 6.07) is 5.58. The van der Waals surface area contributed by atoms with Crippen LogP contribution >= 0.6 is 0 Å². The van der Waals surface area contributed by atoms with E-state index in [1.807, 2.05) is 20.8 Å². The van der Waals surface area contributed by atoms with Crippen molar-refractivity contribution in [3.8, 4) is 11.3 Å². The van der Waals surface area contributed by atoms with E-state index in [0.29, 0.717) is 29.1 Å². The van der Waals surface area contributed by atoms with Gasteiger partial charge in [0, 0.05) is 24.6 Å². The molecule has 0 spiro atoms. The highest BCUT2D eigenvalue weighted by Gasteiger charge is 2.22. The molecule has 0 aliphatic carbocycles. The molecule has 2 atom stereocenters. The van der Waals surface area contributed by atoms with Crippen molar-refractivity contribution in [2.75, 3.05) is 24.2 Å². The Morgan fingerprint density at radius 3 is 2.41 bits per heavy atom. The normalized spacial score (nSPS) is 13.6. The van der Waals surface area contributed by atoms with Gasteiger partial charge in [-0.3, -0.25) is 4.79 Å². The molecule has 37 heavy (non-hydrogen) atoms. The second kappa shape index (κ2) is 13.6. The third kappa shape index (κ3) is 9.17. The maximum Gasteiger partial charge on any atom is 0.308 e.